The molecule has 92 valence electrons. The van der Waals surface area contributed by atoms with Gasteiger partial charge in [0.2, 0.25) is 5.89 Å². The second kappa shape index (κ2) is 5.61. The first-order valence-corrected chi connectivity index (χ1v) is 5.43. The molecule has 0 saturated carbocycles. The monoisotopic (exact) mass is 246 g/mol. The van der Waals surface area contributed by atoms with E-state index in [0.29, 0.717) is 12.4 Å². The number of nitrogens with two attached hydrogens (primary N) is 1. The molecule has 6 heteroatoms. The van der Waals surface area contributed by atoms with Crippen molar-refractivity contribution in [2.45, 2.75) is 26.9 Å². The highest BCUT2D eigenvalue weighted by Gasteiger charge is 2.26. The van der Waals surface area contributed by atoms with Crippen LogP contribution in [0.1, 0.15) is 25.6 Å². The van der Waals surface area contributed by atoms with E-state index in [-0.39, 0.29) is 12.4 Å². The molecule has 1 aromatic rings. The number of rotatable bonds is 3. The molecular formula is C10H19ClN4O. The molecule has 0 bridgehead atoms. The minimum Gasteiger partial charge on any atom is -0.338 e. The van der Waals surface area contributed by atoms with E-state index in [4.69, 9.17) is 10.3 Å². The van der Waals surface area contributed by atoms with E-state index in [1.807, 2.05) is 0 Å². The van der Waals surface area contributed by atoms with Crippen molar-refractivity contribution in [3.8, 4) is 0 Å². The van der Waals surface area contributed by atoms with Crippen LogP contribution in [0.2, 0.25) is 0 Å². The van der Waals surface area contributed by atoms with E-state index < -0.39 is 0 Å². The summed E-state index contributed by atoms with van der Waals surface area (Å²) in [6.45, 7) is 7.90. The molecule has 0 amide bonds. The Morgan fingerprint density at radius 2 is 2.00 bits per heavy atom. The smallest absolute Gasteiger partial charge is 0.240 e. The van der Waals surface area contributed by atoms with E-state index in [1.54, 1.807) is 0 Å². The van der Waals surface area contributed by atoms with Gasteiger partial charge < -0.3 is 10.3 Å². The van der Waals surface area contributed by atoms with Crippen LogP contribution in [0.25, 0.3) is 0 Å². The third-order valence-corrected chi connectivity index (χ3v) is 3.11. The highest BCUT2D eigenvalue weighted by molar-refractivity contribution is 5.85. The Kier molecular flexibility index (Phi) is 4.70. The second-order valence-corrected chi connectivity index (χ2v) is 4.46. The lowest BCUT2D eigenvalue weighted by atomic mass is 10.0. The fraction of sp³-hybridized carbons (Fsp3) is 0.800. The van der Waals surface area contributed by atoms with Crippen molar-refractivity contribution in [2.75, 3.05) is 13.1 Å². The van der Waals surface area contributed by atoms with Crippen molar-refractivity contribution in [3.63, 3.8) is 0 Å². The number of hydrogen-bond acceptors (Lipinski definition) is 5. The summed E-state index contributed by atoms with van der Waals surface area (Å²) >= 11 is 0. The molecule has 1 fully saturated rings. The van der Waals surface area contributed by atoms with Crippen molar-refractivity contribution in [1.29, 1.82) is 0 Å². The Bertz CT molecular complexity index is 320. The topological polar surface area (TPSA) is 68.2 Å². The average molecular weight is 247 g/mol. The van der Waals surface area contributed by atoms with Crippen LogP contribution in [0.3, 0.4) is 0 Å². The Morgan fingerprint density at radius 1 is 1.38 bits per heavy atom. The molecule has 1 saturated heterocycles. The zero-order valence-corrected chi connectivity index (χ0v) is 10.5. The summed E-state index contributed by atoms with van der Waals surface area (Å²) < 4.78 is 4.96. The van der Waals surface area contributed by atoms with Gasteiger partial charge in [0.25, 0.3) is 0 Å². The standard InChI is InChI=1S/C10H18N4O.ClH/c1-7-4-14(5-8(7)2)6-9-12-10(3-11)15-13-9;/h7-8H,3-6,11H2,1-2H3;1H. The number of likely N-dealkylation sites (tertiary alicyclic amines) is 1. The Labute approximate surface area is 102 Å². The van der Waals surface area contributed by atoms with Gasteiger partial charge in [-0.05, 0) is 11.8 Å². The van der Waals surface area contributed by atoms with Gasteiger partial charge in [0, 0.05) is 13.1 Å². The van der Waals surface area contributed by atoms with Gasteiger partial charge in [-0.1, -0.05) is 19.0 Å². The molecule has 2 unspecified atom stereocenters. The second-order valence-electron chi connectivity index (χ2n) is 4.46. The van der Waals surface area contributed by atoms with Gasteiger partial charge in [0.1, 0.15) is 0 Å². The molecule has 2 rings (SSSR count). The highest BCUT2D eigenvalue weighted by atomic mass is 35.5. The molecule has 0 radical (unpaired) electrons. The van der Waals surface area contributed by atoms with Crippen molar-refractivity contribution in [2.24, 2.45) is 17.6 Å². The molecule has 1 aromatic heterocycles. The summed E-state index contributed by atoms with van der Waals surface area (Å²) in [5, 5.41) is 3.89. The summed E-state index contributed by atoms with van der Waals surface area (Å²) in [5.41, 5.74) is 5.41. The Morgan fingerprint density at radius 3 is 2.50 bits per heavy atom. The molecule has 1 aliphatic heterocycles. The predicted octanol–water partition coefficient (Wildman–Crippen LogP) is 1.04. The van der Waals surface area contributed by atoms with E-state index in [1.165, 1.54) is 0 Å². The SMILES string of the molecule is CC1CN(Cc2noc(CN)n2)CC1C.Cl. The fourth-order valence-corrected chi connectivity index (χ4v) is 2.02. The Balaban J connectivity index is 0.00000128. The minimum absolute atomic E-state index is 0. The average Bonchev–Trinajstić information content (AvgIpc) is 2.76. The van der Waals surface area contributed by atoms with Gasteiger partial charge in [-0.25, -0.2) is 0 Å². The van der Waals surface area contributed by atoms with E-state index in [9.17, 15) is 0 Å². The minimum atomic E-state index is 0. The normalized spacial score (nSPS) is 25.7. The number of aromatic nitrogens is 2. The van der Waals surface area contributed by atoms with E-state index >= 15 is 0 Å². The maximum Gasteiger partial charge on any atom is 0.240 e. The van der Waals surface area contributed by atoms with Gasteiger partial charge in [-0.15, -0.1) is 12.4 Å². The zero-order valence-electron chi connectivity index (χ0n) is 9.72. The molecule has 5 nitrogen and oxygen atoms in total. The van der Waals surface area contributed by atoms with Crippen LogP contribution in [0.5, 0.6) is 0 Å². The lowest BCUT2D eigenvalue weighted by Crippen LogP contribution is -2.20. The lowest BCUT2D eigenvalue weighted by Gasteiger charge is -2.11. The molecule has 2 heterocycles. The summed E-state index contributed by atoms with van der Waals surface area (Å²) in [7, 11) is 0. The van der Waals surface area contributed by atoms with Crippen molar-refractivity contribution in [3.05, 3.63) is 11.7 Å². The largest absolute Gasteiger partial charge is 0.338 e. The number of halogens is 1. The van der Waals surface area contributed by atoms with Crippen LogP contribution in [0, 0.1) is 11.8 Å². The number of nitrogens with zero attached hydrogens (tertiary/aromatic N) is 3. The van der Waals surface area contributed by atoms with Gasteiger partial charge in [0.15, 0.2) is 5.82 Å². The molecule has 0 aromatic carbocycles. The van der Waals surface area contributed by atoms with Crippen LogP contribution in [0.4, 0.5) is 0 Å². The summed E-state index contributed by atoms with van der Waals surface area (Å²) in [5.74, 6) is 2.78. The first-order valence-electron chi connectivity index (χ1n) is 5.43. The third-order valence-electron chi connectivity index (χ3n) is 3.11. The number of hydrogen-bond donors (Lipinski definition) is 1. The molecule has 0 aliphatic carbocycles. The maximum absolute atomic E-state index is 5.41. The van der Waals surface area contributed by atoms with Crippen LogP contribution < -0.4 is 5.73 Å². The molecular weight excluding hydrogens is 228 g/mol. The first-order chi connectivity index (χ1) is 7.19. The van der Waals surface area contributed by atoms with Crippen molar-refractivity contribution >= 4 is 12.4 Å². The third kappa shape index (κ3) is 2.93. The summed E-state index contributed by atoms with van der Waals surface area (Å²) in [4.78, 5) is 6.56. The van der Waals surface area contributed by atoms with E-state index in [2.05, 4.69) is 28.9 Å². The zero-order chi connectivity index (χ0) is 10.8. The molecule has 2 atom stereocenters. The Hall–Kier alpha value is -0.650. The van der Waals surface area contributed by atoms with E-state index in [0.717, 1.165) is 37.3 Å². The van der Waals surface area contributed by atoms with Crippen LogP contribution in [0.15, 0.2) is 4.52 Å². The summed E-state index contributed by atoms with van der Waals surface area (Å²) in [6.07, 6.45) is 0. The summed E-state index contributed by atoms with van der Waals surface area (Å²) in [6, 6.07) is 0. The van der Waals surface area contributed by atoms with Crippen molar-refractivity contribution in [1.82, 2.24) is 15.0 Å². The fourth-order valence-electron chi connectivity index (χ4n) is 2.02. The van der Waals surface area contributed by atoms with Gasteiger partial charge in [0.05, 0.1) is 13.1 Å². The quantitative estimate of drug-likeness (QED) is 0.863. The lowest BCUT2D eigenvalue weighted by molar-refractivity contribution is 0.297. The first kappa shape index (κ1) is 13.4. The van der Waals surface area contributed by atoms with Gasteiger partial charge >= 0.3 is 0 Å². The molecule has 16 heavy (non-hydrogen) atoms. The van der Waals surface area contributed by atoms with Crippen molar-refractivity contribution < 1.29 is 4.52 Å². The maximum atomic E-state index is 5.41. The van der Waals surface area contributed by atoms with Crippen LogP contribution in [-0.2, 0) is 13.1 Å². The highest BCUT2D eigenvalue weighted by Crippen LogP contribution is 2.22. The van der Waals surface area contributed by atoms with Crippen LogP contribution >= 0.6 is 12.4 Å². The predicted molar refractivity (Wildman–Crippen MR) is 63.0 cm³/mol. The molecule has 0 spiro atoms. The van der Waals surface area contributed by atoms with Crippen LogP contribution in [-0.4, -0.2) is 28.1 Å². The van der Waals surface area contributed by atoms with Gasteiger partial charge in [-0.3, -0.25) is 4.90 Å². The van der Waals surface area contributed by atoms with Gasteiger partial charge in [-0.2, -0.15) is 4.98 Å². The molecule has 2 N–H and O–H groups in total. The molecule has 1 aliphatic rings.